The molecule has 0 aliphatic heterocycles. The lowest BCUT2D eigenvalue weighted by atomic mass is 10.0. The molecule has 0 radical (unpaired) electrons. The van der Waals surface area contributed by atoms with Crippen LogP contribution in [0, 0.1) is 6.92 Å². The van der Waals surface area contributed by atoms with Gasteiger partial charge in [-0.05, 0) is 25.3 Å². The van der Waals surface area contributed by atoms with Gasteiger partial charge in [-0.25, -0.2) is 0 Å². The van der Waals surface area contributed by atoms with Crippen molar-refractivity contribution in [2.24, 2.45) is 12.9 Å². The Balaban J connectivity index is 2.09. The monoisotopic (exact) mass is 274 g/mol. The highest BCUT2D eigenvalue weighted by Gasteiger charge is 2.19. The SMILES string of the molecule is COc1cnn(C)c1C(CCc1ccc(C)cc1)NN. The maximum atomic E-state index is 5.70. The Hall–Kier alpha value is -1.85. The Morgan fingerprint density at radius 3 is 2.65 bits per heavy atom. The van der Waals surface area contributed by atoms with E-state index >= 15 is 0 Å². The summed E-state index contributed by atoms with van der Waals surface area (Å²) < 4.78 is 7.14. The lowest BCUT2D eigenvalue weighted by Crippen LogP contribution is -2.30. The minimum Gasteiger partial charge on any atom is -0.493 e. The molecule has 0 aliphatic carbocycles. The van der Waals surface area contributed by atoms with Crippen LogP contribution in [0.15, 0.2) is 30.5 Å². The molecule has 2 aromatic rings. The number of hydrogen-bond donors (Lipinski definition) is 2. The van der Waals surface area contributed by atoms with E-state index in [2.05, 4.69) is 41.7 Å². The number of nitrogens with two attached hydrogens (primary N) is 1. The summed E-state index contributed by atoms with van der Waals surface area (Å²) in [6, 6.07) is 8.58. The summed E-state index contributed by atoms with van der Waals surface area (Å²) in [5, 5.41) is 4.22. The van der Waals surface area contributed by atoms with E-state index in [1.54, 1.807) is 18.0 Å². The first-order chi connectivity index (χ1) is 9.65. The van der Waals surface area contributed by atoms with E-state index in [9.17, 15) is 0 Å². The fourth-order valence-corrected chi connectivity index (χ4v) is 2.35. The van der Waals surface area contributed by atoms with E-state index in [0.717, 1.165) is 24.3 Å². The molecule has 3 N–H and O–H groups in total. The lowest BCUT2D eigenvalue weighted by molar-refractivity contribution is 0.389. The molecule has 0 spiro atoms. The Morgan fingerprint density at radius 1 is 1.35 bits per heavy atom. The second-order valence-corrected chi connectivity index (χ2v) is 4.97. The average molecular weight is 274 g/mol. The molecule has 1 heterocycles. The first kappa shape index (κ1) is 14.6. The topological polar surface area (TPSA) is 65.1 Å². The predicted molar refractivity (Wildman–Crippen MR) is 79.3 cm³/mol. The summed E-state index contributed by atoms with van der Waals surface area (Å²) in [5.74, 6) is 6.46. The molecule has 5 nitrogen and oxygen atoms in total. The fraction of sp³-hybridized carbons (Fsp3) is 0.400. The van der Waals surface area contributed by atoms with Gasteiger partial charge in [0.15, 0.2) is 5.75 Å². The Bertz CT molecular complexity index is 548. The van der Waals surface area contributed by atoms with Crippen molar-refractivity contribution in [3.05, 3.63) is 47.3 Å². The molecule has 0 aliphatic rings. The van der Waals surface area contributed by atoms with Gasteiger partial charge in [-0.2, -0.15) is 5.10 Å². The molecule has 0 bridgehead atoms. The number of benzene rings is 1. The zero-order valence-corrected chi connectivity index (χ0v) is 12.3. The average Bonchev–Trinajstić information content (AvgIpc) is 2.83. The largest absolute Gasteiger partial charge is 0.493 e. The summed E-state index contributed by atoms with van der Waals surface area (Å²) in [7, 11) is 3.54. The van der Waals surface area contributed by atoms with Crippen LogP contribution < -0.4 is 16.0 Å². The van der Waals surface area contributed by atoms with Gasteiger partial charge in [0.2, 0.25) is 0 Å². The minimum atomic E-state index is 0.0127. The Morgan fingerprint density at radius 2 is 2.05 bits per heavy atom. The van der Waals surface area contributed by atoms with Crippen molar-refractivity contribution in [1.29, 1.82) is 0 Å². The molecule has 108 valence electrons. The lowest BCUT2D eigenvalue weighted by Gasteiger charge is -2.17. The van der Waals surface area contributed by atoms with Crippen LogP contribution in [0.25, 0.3) is 0 Å². The molecule has 1 unspecified atom stereocenters. The van der Waals surface area contributed by atoms with Gasteiger partial charge in [0, 0.05) is 7.05 Å². The summed E-state index contributed by atoms with van der Waals surface area (Å²) in [6.45, 7) is 2.09. The first-order valence-electron chi connectivity index (χ1n) is 6.73. The molecule has 1 aromatic heterocycles. The number of aromatic nitrogens is 2. The number of nitrogens with zero attached hydrogens (tertiary/aromatic N) is 2. The smallest absolute Gasteiger partial charge is 0.161 e. The quantitative estimate of drug-likeness (QED) is 0.623. The van der Waals surface area contributed by atoms with Gasteiger partial charge in [-0.1, -0.05) is 29.8 Å². The molecule has 2 rings (SSSR count). The number of nitrogens with one attached hydrogen (secondary N) is 1. The molecule has 0 fully saturated rings. The van der Waals surface area contributed by atoms with Crippen LogP contribution in [0.4, 0.5) is 0 Å². The molecule has 1 atom stereocenters. The molecular formula is C15H22N4O. The van der Waals surface area contributed by atoms with Crippen molar-refractivity contribution >= 4 is 0 Å². The number of ether oxygens (including phenoxy) is 1. The zero-order valence-electron chi connectivity index (χ0n) is 12.3. The first-order valence-corrected chi connectivity index (χ1v) is 6.73. The maximum Gasteiger partial charge on any atom is 0.161 e. The number of hydrogen-bond acceptors (Lipinski definition) is 4. The molecular weight excluding hydrogens is 252 g/mol. The van der Waals surface area contributed by atoms with Crippen LogP contribution in [-0.4, -0.2) is 16.9 Å². The molecule has 5 heteroatoms. The van der Waals surface area contributed by atoms with Crippen molar-refractivity contribution in [3.8, 4) is 5.75 Å². The van der Waals surface area contributed by atoms with E-state index in [1.807, 2.05) is 7.05 Å². The highest BCUT2D eigenvalue weighted by molar-refractivity contribution is 5.28. The highest BCUT2D eigenvalue weighted by Crippen LogP contribution is 2.27. The van der Waals surface area contributed by atoms with Gasteiger partial charge in [0.1, 0.15) is 0 Å². The normalized spacial score (nSPS) is 12.4. The highest BCUT2D eigenvalue weighted by atomic mass is 16.5. The third-order valence-electron chi connectivity index (χ3n) is 3.54. The van der Waals surface area contributed by atoms with Gasteiger partial charge in [0.05, 0.1) is 25.0 Å². The molecule has 0 amide bonds. The minimum absolute atomic E-state index is 0.0127. The van der Waals surface area contributed by atoms with E-state index < -0.39 is 0 Å². The number of rotatable bonds is 6. The second kappa shape index (κ2) is 6.54. The molecule has 1 aromatic carbocycles. The number of hydrazine groups is 1. The van der Waals surface area contributed by atoms with Gasteiger partial charge in [0.25, 0.3) is 0 Å². The van der Waals surface area contributed by atoms with Gasteiger partial charge >= 0.3 is 0 Å². The van der Waals surface area contributed by atoms with Gasteiger partial charge in [-0.3, -0.25) is 16.0 Å². The summed E-state index contributed by atoms with van der Waals surface area (Å²) in [5.41, 5.74) is 6.41. The van der Waals surface area contributed by atoms with Crippen molar-refractivity contribution < 1.29 is 4.74 Å². The number of aryl methyl sites for hydroxylation is 3. The molecule has 20 heavy (non-hydrogen) atoms. The third-order valence-corrected chi connectivity index (χ3v) is 3.54. The molecule has 0 saturated carbocycles. The Labute approximate surface area is 119 Å². The summed E-state index contributed by atoms with van der Waals surface area (Å²) in [4.78, 5) is 0. The van der Waals surface area contributed by atoms with Gasteiger partial charge in [-0.15, -0.1) is 0 Å². The van der Waals surface area contributed by atoms with E-state index in [4.69, 9.17) is 10.6 Å². The van der Waals surface area contributed by atoms with Crippen LogP contribution in [0.3, 0.4) is 0 Å². The van der Waals surface area contributed by atoms with E-state index in [-0.39, 0.29) is 6.04 Å². The Kier molecular flexibility index (Phi) is 4.76. The van der Waals surface area contributed by atoms with Crippen LogP contribution in [0.2, 0.25) is 0 Å². The fourth-order valence-electron chi connectivity index (χ4n) is 2.35. The molecule has 0 saturated heterocycles. The van der Waals surface area contributed by atoms with Crippen LogP contribution in [0.5, 0.6) is 5.75 Å². The van der Waals surface area contributed by atoms with Crippen LogP contribution >= 0.6 is 0 Å². The number of methoxy groups -OCH3 is 1. The van der Waals surface area contributed by atoms with Crippen molar-refractivity contribution in [1.82, 2.24) is 15.2 Å². The standard InChI is InChI=1S/C15H22N4O/c1-11-4-6-12(7-5-11)8-9-13(18-16)15-14(20-3)10-17-19(15)2/h4-7,10,13,18H,8-9,16H2,1-3H3. The zero-order chi connectivity index (χ0) is 14.5. The van der Waals surface area contributed by atoms with Crippen LogP contribution in [0.1, 0.15) is 29.3 Å². The summed E-state index contributed by atoms with van der Waals surface area (Å²) in [6.07, 6.45) is 3.55. The van der Waals surface area contributed by atoms with Crippen molar-refractivity contribution in [2.75, 3.05) is 7.11 Å². The van der Waals surface area contributed by atoms with Crippen molar-refractivity contribution in [2.45, 2.75) is 25.8 Å². The van der Waals surface area contributed by atoms with E-state index in [0.29, 0.717) is 0 Å². The summed E-state index contributed by atoms with van der Waals surface area (Å²) >= 11 is 0. The van der Waals surface area contributed by atoms with Gasteiger partial charge < -0.3 is 4.74 Å². The van der Waals surface area contributed by atoms with Crippen LogP contribution in [-0.2, 0) is 13.5 Å². The second-order valence-electron chi connectivity index (χ2n) is 4.97. The third kappa shape index (κ3) is 3.18. The van der Waals surface area contributed by atoms with E-state index in [1.165, 1.54) is 11.1 Å². The predicted octanol–water partition coefficient (Wildman–Crippen LogP) is 1.87. The van der Waals surface area contributed by atoms with Crippen molar-refractivity contribution in [3.63, 3.8) is 0 Å². The maximum absolute atomic E-state index is 5.70.